The van der Waals surface area contributed by atoms with Crippen molar-refractivity contribution in [2.45, 2.75) is 0 Å². The third kappa shape index (κ3) is 1.29. The molecule has 0 N–H and O–H groups in total. The number of nitrogens with zero attached hydrogens (tertiary/aromatic N) is 4. The van der Waals surface area contributed by atoms with Crippen molar-refractivity contribution in [1.29, 1.82) is 0 Å². The summed E-state index contributed by atoms with van der Waals surface area (Å²) in [6.07, 6.45) is 8.68. The van der Waals surface area contributed by atoms with Crippen LogP contribution in [0.15, 0.2) is 37.1 Å². The Kier molecular flexibility index (Phi) is 1.80. The van der Waals surface area contributed by atoms with E-state index in [2.05, 4.69) is 10.1 Å². The van der Waals surface area contributed by atoms with E-state index >= 15 is 0 Å². The zero-order chi connectivity index (χ0) is 11.1. The molecule has 0 saturated carbocycles. The van der Waals surface area contributed by atoms with Crippen LogP contribution in [-0.4, -0.2) is 19.2 Å². The molecule has 0 aromatic carbocycles. The van der Waals surface area contributed by atoms with E-state index < -0.39 is 0 Å². The van der Waals surface area contributed by atoms with E-state index in [1.165, 1.54) is 6.07 Å². The lowest BCUT2D eigenvalue weighted by Crippen LogP contribution is -1.90. The van der Waals surface area contributed by atoms with Gasteiger partial charge in [-0.25, -0.2) is 9.37 Å². The molecule has 3 heterocycles. The molecule has 0 aliphatic rings. The van der Waals surface area contributed by atoms with Crippen molar-refractivity contribution >= 4 is 5.65 Å². The lowest BCUT2D eigenvalue weighted by Gasteiger charge is -2.00. The molecule has 0 unspecified atom stereocenters. The fraction of sp³-hybridized carbons (Fsp3) is 0.0909. The maximum Gasteiger partial charge on any atom is 0.173 e. The molecular formula is C11H9FN4. The van der Waals surface area contributed by atoms with Crippen molar-refractivity contribution in [1.82, 2.24) is 19.2 Å². The van der Waals surface area contributed by atoms with Gasteiger partial charge in [0.25, 0.3) is 0 Å². The molecule has 0 amide bonds. The molecule has 80 valence electrons. The van der Waals surface area contributed by atoms with E-state index in [9.17, 15) is 4.39 Å². The number of hydrogen-bond donors (Lipinski definition) is 0. The zero-order valence-corrected chi connectivity index (χ0v) is 8.63. The van der Waals surface area contributed by atoms with Crippen molar-refractivity contribution in [2.24, 2.45) is 7.05 Å². The van der Waals surface area contributed by atoms with E-state index in [0.29, 0.717) is 5.65 Å². The van der Waals surface area contributed by atoms with Gasteiger partial charge in [0.05, 0.1) is 6.20 Å². The van der Waals surface area contributed by atoms with Gasteiger partial charge in [0.15, 0.2) is 11.5 Å². The third-order valence-corrected chi connectivity index (χ3v) is 2.48. The number of halogens is 1. The van der Waals surface area contributed by atoms with E-state index in [0.717, 1.165) is 11.1 Å². The first-order valence-electron chi connectivity index (χ1n) is 4.85. The molecule has 0 bridgehead atoms. The highest BCUT2D eigenvalue weighted by Crippen LogP contribution is 2.21. The van der Waals surface area contributed by atoms with E-state index in [1.54, 1.807) is 27.7 Å². The van der Waals surface area contributed by atoms with Gasteiger partial charge in [-0.15, -0.1) is 0 Å². The Morgan fingerprint density at radius 1 is 1.25 bits per heavy atom. The summed E-state index contributed by atoms with van der Waals surface area (Å²) in [5.74, 6) is -0.327. The van der Waals surface area contributed by atoms with Crippen molar-refractivity contribution in [3.05, 3.63) is 42.9 Å². The lowest BCUT2D eigenvalue weighted by atomic mass is 10.1. The molecule has 0 saturated heterocycles. The minimum absolute atomic E-state index is 0.327. The fourth-order valence-corrected chi connectivity index (χ4v) is 1.72. The second-order valence-electron chi connectivity index (χ2n) is 3.64. The molecule has 0 aliphatic carbocycles. The summed E-state index contributed by atoms with van der Waals surface area (Å²) < 4.78 is 17.0. The van der Waals surface area contributed by atoms with E-state index in [4.69, 9.17) is 0 Å². The Labute approximate surface area is 91.0 Å². The number of aromatic nitrogens is 4. The Morgan fingerprint density at radius 2 is 2.12 bits per heavy atom. The fourth-order valence-electron chi connectivity index (χ4n) is 1.72. The average molecular weight is 216 g/mol. The summed E-state index contributed by atoms with van der Waals surface area (Å²) in [6.45, 7) is 0. The van der Waals surface area contributed by atoms with Gasteiger partial charge in [-0.1, -0.05) is 0 Å². The van der Waals surface area contributed by atoms with E-state index in [1.807, 2.05) is 19.4 Å². The first kappa shape index (κ1) is 9.08. The van der Waals surface area contributed by atoms with Crippen LogP contribution >= 0.6 is 0 Å². The molecule has 3 aromatic heterocycles. The molecule has 0 radical (unpaired) electrons. The van der Waals surface area contributed by atoms with Gasteiger partial charge >= 0.3 is 0 Å². The van der Waals surface area contributed by atoms with Crippen LogP contribution in [0.25, 0.3) is 16.8 Å². The molecule has 3 aromatic rings. The smallest absolute Gasteiger partial charge is 0.173 e. The number of fused-ring (bicyclic) bond motifs is 1. The van der Waals surface area contributed by atoms with Gasteiger partial charge in [0, 0.05) is 43.0 Å². The van der Waals surface area contributed by atoms with Crippen LogP contribution in [0.5, 0.6) is 0 Å². The van der Waals surface area contributed by atoms with Gasteiger partial charge in [0.1, 0.15) is 0 Å². The predicted molar refractivity (Wildman–Crippen MR) is 57.4 cm³/mol. The molecule has 0 spiro atoms. The standard InChI is InChI=1S/C11H9FN4/c1-15-6-9(5-14-15)8-4-10(12)11-13-2-3-16(11)7-8/h2-7H,1H3. The van der Waals surface area contributed by atoms with Crippen LogP contribution in [0.4, 0.5) is 4.39 Å². The minimum atomic E-state index is -0.327. The monoisotopic (exact) mass is 216 g/mol. The number of imidazole rings is 1. The van der Waals surface area contributed by atoms with Gasteiger partial charge in [-0.3, -0.25) is 4.68 Å². The van der Waals surface area contributed by atoms with E-state index in [-0.39, 0.29) is 5.82 Å². The number of rotatable bonds is 1. The highest BCUT2D eigenvalue weighted by molar-refractivity contribution is 5.63. The number of pyridine rings is 1. The first-order chi connectivity index (χ1) is 7.74. The van der Waals surface area contributed by atoms with Crippen LogP contribution in [-0.2, 0) is 7.05 Å². The van der Waals surface area contributed by atoms with Gasteiger partial charge in [-0.05, 0) is 6.07 Å². The highest BCUT2D eigenvalue weighted by Gasteiger charge is 2.07. The molecule has 4 nitrogen and oxygen atoms in total. The van der Waals surface area contributed by atoms with Crippen molar-refractivity contribution < 1.29 is 4.39 Å². The molecular weight excluding hydrogens is 207 g/mol. The summed E-state index contributed by atoms with van der Waals surface area (Å²) in [6, 6.07) is 1.47. The second kappa shape index (κ2) is 3.16. The van der Waals surface area contributed by atoms with Crippen molar-refractivity contribution in [3.63, 3.8) is 0 Å². The Bertz CT molecular complexity index is 653. The molecule has 0 fully saturated rings. The van der Waals surface area contributed by atoms with Crippen molar-refractivity contribution in [3.8, 4) is 11.1 Å². The Morgan fingerprint density at radius 3 is 2.88 bits per heavy atom. The largest absolute Gasteiger partial charge is 0.304 e. The maximum absolute atomic E-state index is 13.7. The topological polar surface area (TPSA) is 35.1 Å². The summed E-state index contributed by atoms with van der Waals surface area (Å²) in [5.41, 5.74) is 2.01. The maximum atomic E-state index is 13.7. The van der Waals surface area contributed by atoms with Crippen molar-refractivity contribution in [2.75, 3.05) is 0 Å². The summed E-state index contributed by atoms with van der Waals surface area (Å²) in [4.78, 5) is 3.93. The number of aryl methyl sites for hydroxylation is 1. The molecule has 16 heavy (non-hydrogen) atoms. The lowest BCUT2D eigenvalue weighted by molar-refractivity contribution is 0.630. The van der Waals surface area contributed by atoms with Crippen LogP contribution < -0.4 is 0 Å². The zero-order valence-electron chi connectivity index (χ0n) is 8.63. The molecule has 3 rings (SSSR count). The third-order valence-electron chi connectivity index (χ3n) is 2.48. The summed E-state index contributed by atoms with van der Waals surface area (Å²) in [5, 5.41) is 4.06. The van der Waals surface area contributed by atoms with Crippen LogP contribution in [0.3, 0.4) is 0 Å². The SMILES string of the molecule is Cn1cc(-c2cc(F)c3nccn3c2)cn1. The molecule has 0 aliphatic heterocycles. The Hall–Kier alpha value is -2.17. The van der Waals surface area contributed by atoms with Gasteiger partial charge in [-0.2, -0.15) is 5.10 Å². The Balaban J connectivity index is 2.24. The summed E-state index contributed by atoms with van der Waals surface area (Å²) >= 11 is 0. The minimum Gasteiger partial charge on any atom is -0.304 e. The average Bonchev–Trinajstić information content (AvgIpc) is 2.85. The number of hydrogen-bond acceptors (Lipinski definition) is 2. The normalized spacial score (nSPS) is 11.1. The first-order valence-corrected chi connectivity index (χ1v) is 4.85. The predicted octanol–water partition coefficient (Wildman–Crippen LogP) is 1.87. The second-order valence-corrected chi connectivity index (χ2v) is 3.64. The highest BCUT2D eigenvalue weighted by atomic mass is 19.1. The molecule has 5 heteroatoms. The van der Waals surface area contributed by atoms with Crippen LogP contribution in [0.2, 0.25) is 0 Å². The quantitative estimate of drug-likeness (QED) is 0.622. The van der Waals surface area contributed by atoms with Gasteiger partial charge < -0.3 is 4.40 Å². The van der Waals surface area contributed by atoms with Gasteiger partial charge in [0.2, 0.25) is 0 Å². The van der Waals surface area contributed by atoms with Crippen LogP contribution in [0, 0.1) is 5.82 Å². The molecule has 0 atom stereocenters. The van der Waals surface area contributed by atoms with Crippen LogP contribution in [0.1, 0.15) is 0 Å². The summed E-state index contributed by atoms with van der Waals surface area (Å²) in [7, 11) is 1.83.